The first kappa shape index (κ1) is 7.41. The molecule has 0 bridgehead atoms. The molecule has 0 spiro atoms. The van der Waals surface area contributed by atoms with Crippen molar-refractivity contribution < 1.29 is 0 Å². The maximum atomic E-state index is 3.35. The summed E-state index contributed by atoms with van der Waals surface area (Å²) in [6.07, 6.45) is 5.43. The topological polar surface area (TPSA) is 12.0 Å². The van der Waals surface area contributed by atoms with Gasteiger partial charge in [-0.15, -0.1) is 0 Å². The molecule has 1 N–H and O–H groups in total. The molecular weight excluding hydrogens is 146 g/mol. The first-order valence-electron chi connectivity index (χ1n) is 4.43. The summed E-state index contributed by atoms with van der Waals surface area (Å²) in [6, 6.07) is 6.60. The Morgan fingerprint density at radius 3 is 3.17 bits per heavy atom. The molecule has 0 aromatic heterocycles. The van der Waals surface area contributed by atoms with Crippen LogP contribution in [0.2, 0.25) is 0 Å². The molecule has 1 nitrogen and oxygen atoms in total. The molecule has 2 rings (SSSR count). The van der Waals surface area contributed by atoms with E-state index in [9.17, 15) is 0 Å². The molecule has 1 aromatic carbocycles. The molecular formula is C11H13N. The largest absolute Gasteiger partial charge is 0.381 e. The number of hydrogen-bond donors (Lipinski definition) is 1. The Labute approximate surface area is 73.1 Å². The van der Waals surface area contributed by atoms with E-state index >= 15 is 0 Å². The summed E-state index contributed by atoms with van der Waals surface area (Å²) >= 11 is 0. The lowest BCUT2D eigenvalue weighted by atomic mass is 10.1. The van der Waals surface area contributed by atoms with Gasteiger partial charge in [-0.3, -0.25) is 0 Å². The van der Waals surface area contributed by atoms with Crippen molar-refractivity contribution in [2.45, 2.75) is 13.3 Å². The summed E-state index contributed by atoms with van der Waals surface area (Å²) < 4.78 is 0. The number of nitrogens with one attached hydrogen (secondary N) is 1. The van der Waals surface area contributed by atoms with Gasteiger partial charge in [-0.05, 0) is 23.6 Å². The minimum absolute atomic E-state index is 0.958. The average molecular weight is 159 g/mol. The van der Waals surface area contributed by atoms with Crippen molar-refractivity contribution in [2.75, 3.05) is 11.9 Å². The minimum atomic E-state index is 0.958. The highest BCUT2D eigenvalue weighted by molar-refractivity contribution is 5.70. The van der Waals surface area contributed by atoms with Gasteiger partial charge in [0.2, 0.25) is 0 Å². The summed E-state index contributed by atoms with van der Waals surface area (Å²) in [4.78, 5) is 0. The minimum Gasteiger partial charge on any atom is -0.381 e. The van der Waals surface area contributed by atoms with Crippen LogP contribution in [-0.4, -0.2) is 6.54 Å². The van der Waals surface area contributed by atoms with Gasteiger partial charge in [-0.2, -0.15) is 0 Å². The van der Waals surface area contributed by atoms with Crippen molar-refractivity contribution in [3.63, 3.8) is 0 Å². The molecule has 0 atom stereocenters. The number of hydrogen-bond acceptors (Lipinski definition) is 1. The Bertz CT molecular complexity index is 313. The fourth-order valence-electron chi connectivity index (χ4n) is 1.48. The monoisotopic (exact) mass is 159 g/mol. The highest BCUT2D eigenvalue weighted by Gasteiger charge is 2.02. The van der Waals surface area contributed by atoms with Crippen molar-refractivity contribution in [1.29, 1.82) is 0 Å². The molecule has 1 aliphatic heterocycles. The highest BCUT2D eigenvalue weighted by Crippen LogP contribution is 2.21. The molecule has 1 heterocycles. The van der Waals surface area contributed by atoms with Crippen LogP contribution < -0.4 is 5.32 Å². The Kier molecular flexibility index (Phi) is 1.86. The van der Waals surface area contributed by atoms with Crippen LogP contribution in [0.25, 0.3) is 6.08 Å². The molecule has 0 saturated heterocycles. The Morgan fingerprint density at radius 1 is 1.42 bits per heavy atom. The molecule has 0 unspecified atom stereocenters. The van der Waals surface area contributed by atoms with E-state index in [4.69, 9.17) is 0 Å². The zero-order chi connectivity index (χ0) is 8.39. The maximum absolute atomic E-state index is 3.35. The molecule has 0 aliphatic carbocycles. The van der Waals surface area contributed by atoms with E-state index in [0.29, 0.717) is 0 Å². The molecule has 1 aliphatic rings. The molecule has 62 valence electrons. The molecule has 0 radical (unpaired) electrons. The van der Waals surface area contributed by atoms with Crippen molar-refractivity contribution in [3.05, 3.63) is 35.4 Å². The van der Waals surface area contributed by atoms with Crippen LogP contribution in [0, 0.1) is 0 Å². The lowest BCUT2D eigenvalue weighted by molar-refractivity contribution is 1.13. The second-order valence-corrected chi connectivity index (χ2v) is 3.06. The van der Waals surface area contributed by atoms with Gasteiger partial charge in [0, 0.05) is 12.2 Å². The molecule has 1 aromatic rings. The molecule has 0 fully saturated rings. The number of benzene rings is 1. The fourth-order valence-corrected chi connectivity index (χ4v) is 1.48. The summed E-state index contributed by atoms with van der Waals surface area (Å²) in [5.74, 6) is 0. The van der Waals surface area contributed by atoms with Crippen molar-refractivity contribution in [2.24, 2.45) is 0 Å². The third-order valence-electron chi connectivity index (χ3n) is 2.23. The van der Waals surface area contributed by atoms with Crippen molar-refractivity contribution in [3.8, 4) is 0 Å². The van der Waals surface area contributed by atoms with E-state index in [0.717, 1.165) is 13.0 Å². The lowest BCUT2D eigenvalue weighted by Gasteiger charge is -2.13. The van der Waals surface area contributed by atoms with Crippen LogP contribution in [-0.2, 0) is 6.42 Å². The Hall–Kier alpha value is -1.24. The van der Waals surface area contributed by atoms with Crippen LogP contribution in [0.3, 0.4) is 0 Å². The highest BCUT2D eigenvalue weighted by atomic mass is 14.9. The number of rotatable bonds is 1. The third kappa shape index (κ3) is 1.22. The van der Waals surface area contributed by atoms with Gasteiger partial charge < -0.3 is 5.32 Å². The van der Waals surface area contributed by atoms with Crippen LogP contribution >= 0.6 is 0 Å². The predicted molar refractivity (Wildman–Crippen MR) is 53.3 cm³/mol. The fraction of sp³-hybridized carbons (Fsp3) is 0.273. The van der Waals surface area contributed by atoms with Crippen LogP contribution in [0.4, 0.5) is 5.69 Å². The number of anilines is 1. The lowest BCUT2D eigenvalue weighted by Crippen LogP contribution is -2.04. The van der Waals surface area contributed by atoms with Gasteiger partial charge in [-0.1, -0.05) is 31.2 Å². The van der Waals surface area contributed by atoms with Crippen LogP contribution in [0.5, 0.6) is 0 Å². The molecule has 12 heavy (non-hydrogen) atoms. The summed E-state index contributed by atoms with van der Waals surface area (Å²) in [7, 11) is 0. The van der Waals surface area contributed by atoms with Gasteiger partial charge in [0.25, 0.3) is 0 Å². The quantitative estimate of drug-likeness (QED) is 0.664. The van der Waals surface area contributed by atoms with Crippen LogP contribution in [0.15, 0.2) is 24.3 Å². The normalized spacial score (nSPS) is 13.8. The average Bonchev–Trinajstić information content (AvgIpc) is 2.17. The van der Waals surface area contributed by atoms with E-state index in [-0.39, 0.29) is 0 Å². The number of aryl methyl sites for hydroxylation is 1. The van der Waals surface area contributed by atoms with E-state index in [1.54, 1.807) is 0 Å². The van der Waals surface area contributed by atoms with E-state index in [1.807, 2.05) is 0 Å². The Morgan fingerprint density at radius 2 is 2.33 bits per heavy atom. The SMILES string of the molecule is CCc1ccc2c(c1)NCC=C2. The standard InChI is InChI=1S/C11H13N/c1-2-9-5-6-10-4-3-7-12-11(10)8-9/h3-6,8,12H,2,7H2,1H3. The van der Waals surface area contributed by atoms with Crippen molar-refractivity contribution in [1.82, 2.24) is 0 Å². The second-order valence-electron chi connectivity index (χ2n) is 3.06. The molecule has 1 heteroatoms. The van der Waals surface area contributed by atoms with Gasteiger partial charge in [0.1, 0.15) is 0 Å². The van der Waals surface area contributed by atoms with E-state index < -0.39 is 0 Å². The zero-order valence-corrected chi connectivity index (χ0v) is 7.30. The molecule has 0 amide bonds. The first-order valence-corrected chi connectivity index (χ1v) is 4.43. The van der Waals surface area contributed by atoms with Crippen molar-refractivity contribution >= 4 is 11.8 Å². The predicted octanol–water partition coefficient (Wildman–Crippen LogP) is 2.69. The first-order chi connectivity index (χ1) is 5.90. The maximum Gasteiger partial charge on any atom is 0.0418 e. The molecule has 0 saturated carbocycles. The van der Waals surface area contributed by atoms with E-state index in [1.165, 1.54) is 16.8 Å². The second kappa shape index (κ2) is 3.02. The Balaban J connectivity index is 2.44. The van der Waals surface area contributed by atoms with Gasteiger partial charge in [0.05, 0.1) is 0 Å². The van der Waals surface area contributed by atoms with Gasteiger partial charge in [0.15, 0.2) is 0 Å². The van der Waals surface area contributed by atoms with E-state index in [2.05, 4.69) is 42.6 Å². The summed E-state index contributed by atoms with van der Waals surface area (Å²) in [5.41, 5.74) is 3.98. The third-order valence-corrected chi connectivity index (χ3v) is 2.23. The smallest absolute Gasteiger partial charge is 0.0418 e. The number of fused-ring (bicyclic) bond motifs is 1. The summed E-state index contributed by atoms with van der Waals surface area (Å²) in [6.45, 7) is 3.14. The summed E-state index contributed by atoms with van der Waals surface area (Å²) in [5, 5.41) is 3.35. The van der Waals surface area contributed by atoms with Gasteiger partial charge in [-0.25, -0.2) is 0 Å². The van der Waals surface area contributed by atoms with Gasteiger partial charge >= 0.3 is 0 Å². The van der Waals surface area contributed by atoms with Crippen LogP contribution in [0.1, 0.15) is 18.1 Å². The zero-order valence-electron chi connectivity index (χ0n) is 7.30.